The first-order valence-electron chi connectivity index (χ1n) is 6.70. The van der Waals surface area contributed by atoms with Gasteiger partial charge in [-0.1, -0.05) is 69.1 Å². The summed E-state index contributed by atoms with van der Waals surface area (Å²) in [6, 6.07) is 0. The molecule has 2 heteroatoms. The summed E-state index contributed by atoms with van der Waals surface area (Å²) in [6.45, 7) is 12.7. The molecule has 0 atom stereocenters. The molecule has 1 heterocycles. The molecule has 19 heavy (non-hydrogen) atoms. The summed E-state index contributed by atoms with van der Waals surface area (Å²) in [7, 11) is 2.10. The fraction of sp³-hybridized carbons (Fsp3) is 0.294. The van der Waals surface area contributed by atoms with Crippen LogP contribution in [-0.4, -0.2) is 18.5 Å². The summed E-state index contributed by atoms with van der Waals surface area (Å²) in [5.41, 5.74) is 2.52. The molecule has 1 aliphatic carbocycles. The van der Waals surface area contributed by atoms with Crippen molar-refractivity contribution >= 4 is 11.8 Å². The van der Waals surface area contributed by atoms with Gasteiger partial charge < -0.3 is 4.90 Å². The SMILES string of the molecule is C=CC1=C(C=C)N(C)CC2=C(C=CCC=C2)S1.CC. The topological polar surface area (TPSA) is 3.24 Å². The van der Waals surface area contributed by atoms with E-state index in [0.29, 0.717) is 0 Å². The zero-order valence-electron chi connectivity index (χ0n) is 12.1. The highest BCUT2D eigenvalue weighted by Crippen LogP contribution is 2.37. The lowest BCUT2D eigenvalue weighted by Crippen LogP contribution is -2.18. The average Bonchev–Trinajstić information content (AvgIpc) is 2.72. The smallest absolute Gasteiger partial charge is 0.0502 e. The number of allylic oxidation sites excluding steroid dienone is 5. The van der Waals surface area contributed by atoms with Crippen LogP contribution in [0.1, 0.15) is 20.3 Å². The lowest BCUT2D eigenvalue weighted by molar-refractivity contribution is 0.472. The van der Waals surface area contributed by atoms with Gasteiger partial charge in [-0.3, -0.25) is 0 Å². The highest BCUT2D eigenvalue weighted by molar-refractivity contribution is 8.07. The van der Waals surface area contributed by atoms with E-state index < -0.39 is 0 Å². The van der Waals surface area contributed by atoms with Gasteiger partial charge in [0.1, 0.15) is 0 Å². The molecule has 1 aliphatic heterocycles. The number of nitrogens with zero attached hydrogens (tertiary/aromatic N) is 1. The number of rotatable bonds is 2. The van der Waals surface area contributed by atoms with Crippen molar-refractivity contribution in [2.24, 2.45) is 0 Å². The van der Waals surface area contributed by atoms with E-state index in [2.05, 4.69) is 49.4 Å². The van der Waals surface area contributed by atoms with Gasteiger partial charge in [-0.2, -0.15) is 0 Å². The van der Waals surface area contributed by atoms with Gasteiger partial charge in [0.2, 0.25) is 0 Å². The van der Waals surface area contributed by atoms with Crippen LogP contribution in [0.5, 0.6) is 0 Å². The van der Waals surface area contributed by atoms with E-state index in [4.69, 9.17) is 0 Å². The molecule has 0 amide bonds. The Balaban J connectivity index is 0.000000861. The second-order valence-corrected chi connectivity index (χ2v) is 5.13. The molecule has 0 aromatic carbocycles. The Morgan fingerprint density at radius 2 is 1.84 bits per heavy atom. The van der Waals surface area contributed by atoms with E-state index >= 15 is 0 Å². The first-order valence-corrected chi connectivity index (χ1v) is 7.52. The van der Waals surface area contributed by atoms with Gasteiger partial charge in [-0.25, -0.2) is 0 Å². The molecule has 2 rings (SSSR count). The minimum absolute atomic E-state index is 0.919. The van der Waals surface area contributed by atoms with E-state index in [1.165, 1.54) is 15.4 Å². The molecule has 0 saturated carbocycles. The highest BCUT2D eigenvalue weighted by atomic mass is 32.2. The van der Waals surface area contributed by atoms with Crippen LogP contribution < -0.4 is 0 Å². The van der Waals surface area contributed by atoms with Crippen LogP contribution in [0.25, 0.3) is 0 Å². The maximum atomic E-state index is 3.90. The summed E-state index contributed by atoms with van der Waals surface area (Å²) >= 11 is 1.78. The Hall–Kier alpha value is -1.41. The van der Waals surface area contributed by atoms with Crippen LogP contribution in [0.3, 0.4) is 0 Å². The Morgan fingerprint density at radius 1 is 1.16 bits per heavy atom. The van der Waals surface area contributed by atoms with Gasteiger partial charge >= 0.3 is 0 Å². The molecule has 1 nitrogen and oxygen atoms in total. The van der Waals surface area contributed by atoms with Crippen LogP contribution in [0.2, 0.25) is 0 Å². The molecule has 0 radical (unpaired) electrons. The molecular weight excluding hydrogens is 250 g/mol. The van der Waals surface area contributed by atoms with E-state index in [1.807, 2.05) is 26.0 Å². The van der Waals surface area contributed by atoms with Crippen LogP contribution in [-0.2, 0) is 0 Å². The second-order valence-electron chi connectivity index (χ2n) is 4.05. The molecule has 0 bridgehead atoms. The van der Waals surface area contributed by atoms with Gasteiger partial charge in [0.25, 0.3) is 0 Å². The Labute approximate surface area is 121 Å². The van der Waals surface area contributed by atoms with Crippen molar-refractivity contribution in [3.63, 3.8) is 0 Å². The maximum absolute atomic E-state index is 3.90. The lowest BCUT2D eigenvalue weighted by atomic mass is 10.2. The summed E-state index contributed by atoms with van der Waals surface area (Å²) < 4.78 is 0. The summed E-state index contributed by atoms with van der Waals surface area (Å²) in [6.07, 6.45) is 13.7. The average molecular weight is 273 g/mol. The second kappa shape index (κ2) is 7.90. The molecule has 0 N–H and O–H groups in total. The molecule has 0 saturated heterocycles. The minimum atomic E-state index is 0.919. The Kier molecular flexibility index (Phi) is 6.51. The van der Waals surface area contributed by atoms with Crippen LogP contribution >= 0.6 is 11.8 Å². The first kappa shape index (κ1) is 15.6. The standard InChI is InChI=1S/C15H17NS.C2H6/c1-4-13-14(5-2)17-15-10-8-6-7-9-12(15)11-16(13)3;1-2/h4-5,7-10H,1-2,6,11H2,3H3;1-2H3. The molecule has 0 aromatic rings. The van der Waals surface area contributed by atoms with Crippen molar-refractivity contribution in [3.05, 3.63) is 70.7 Å². The lowest BCUT2D eigenvalue weighted by Gasteiger charge is -2.20. The fourth-order valence-corrected chi connectivity index (χ4v) is 3.08. The molecular formula is C17H23NS. The third-order valence-electron chi connectivity index (χ3n) is 2.85. The van der Waals surface area contributed by atoms with Crippen LogP contribution in [0.4, 0.5) is 0 Å². The van der Waals surface area contributed by atoms with Gasteiger partial charge in [-0.15, -0.1) is 0 Å². The largest absolute Gasteiger partial charge is 0.369 e. The zero-order chi connectivity index (χ0) is 14.3. The van der Waals surface area contributed by atoms with Gasteiger partial charge in [0.15, 0.2) is 0 Å². The van der Waals surface area contributed by atoms with E-state index in [9.17, 15) is 0 Å². The Bertz CT molecular complexity index is 464. The summed E-state index contributed by atoms with van der Waals surface area (Å²) in [5, 5.41) is 0. The maximum Gasteiger partial charge on any atom is 0.0502 e. The Morgan fingerprint density at radius 3 is 2.47 bits per heavy atom. The summed E-state index contributed by atoms with van der Waals surface area (Å²) in [5.74, 6) is 0. The fourth-order valence-electron chi connectivity index (χ4n) is 1.99. The molecule has 0 aromatic heterocycles. The monoisotopic (exact) mass is 273 g/mol. The van der Waals surface area contributed by atoms with Gasteiger partial charge in [0, 0.05) is 23.4 Å². The molecule has 2 aliphatic rings. The van der Waals surface area contributed by atoms with E-state index in [0.717, 1.165) is 18.7 Å². The molecule has 102 valence electrons. The van der Waals surface area contributed by atoms with Gasteiger partial charge in [-0.05, 0) is 18.1 Å². The van der Waals surface area contributed by atoms with E-state index in [-0.39, 0.29) is 0 Å². The third kappa shape index (κ3) is 3.77. The quantitative estimate of drug-likeness (QED) is 0.693. The summed E-state index contributed by atoms with van der Waals surface area (Å²) in [4.78, 5) is 4.72. The normalized spacial score (nSPS) is 18.2. The molecule has 0 spiro atoms. The highest BCUT2D eigenvalue weighted by Gasteiger charge is 2.17. The number of hydrogen-bond donors (Lipinski definition) is 0. The predicted molar refractivity (Wildman–Crippen MR) is 88.9 cm³/mol. The van der Waals surface area contributed by atoms with E-state index in [1.54, 1.807) is 11.8 Å². The molecule has 0 fully saturated rings. The van der Waals surface area contributed by atoms with Crippen molar-refractivity contribution in [3.8, 4) is 0 Å². The number of likely N-dealkylation sites (N-methyl/N-ethyl adjacent to an activating group) is 1. The van der Waals surface area contributed by atoms with Crippen molar-refractivity contribution in [2.75, 3.05) is 13.6 Å². The first-order chi connectivity index (χ1) is 9.26. The van der Waals surface area contributed by atoms with Crippen molar-refractivity contribution in [2.45, 2.75) is 20.3 Å². The van der Waals surface area contributed by atoms with Crippen LogP contribution in [0.15, 0.2) is 70.7 Å². The minimum Gasteiger partial charge on any atom is -0.369 e. The zero-order valence-corrected chi connectivity index (χ0v) is 13.0. The van der Waals surface area contributed by atoms with Crippen molar-refractivity contribution in [1.29, 1.82) is 0 Å². The van der Waals surface area contributed by atoms with Crippen molar-refractivity contribution < 1.29 is 0 Å². The predicted octanol–water partition coefficient (Wildman–Crippen LogP) is 5.05. The number of hydrogen-bond acceptors (Lipinski definition) is 2. The van der Waals surface area contributed by atoms with Crippen LogP contribution in [0, 0.1) is 0 Å². The van der Waals surface area contributed by atoms with Gasteiger partial charge in [0.05, 0.1) is 5.70 Å². The van der Waals surface area contributed by atoms with Crippen molar-refractivity contribution in [1.82, 2.24) is 4.90 Å². The third-order valence-corrected chi connectivity index (χ3v) is 4.06. The molecule has 0 unspecified atom stereocenters. The number of thioether (sulfide) groups is 1.